The summed E-state index contributed by atoms with van der Waals surface area (Å²) in [7, 11) is 1.42. The van der Waals surface area contributed by atoms with Crippen LogP contribution in [-0.4, -0.2) is 31.5 Å². The molecule has 0 aromatic heterocycles. The van der Waals surface area contributed by atoms with Crippen molar-refractivity contribution in [3.63, 3.8) is 0 Å². The van der Waals surface area contributed by atoms with Crippen LogP contribution in [0.2, 0.25) is 0 Å². The lowest BCUT2D eigenvalue weighted by Crippen LogP contribution is -2.41. The predicted molar refractivity (Wildman–Crippen MR) is 79.3 cm³/mol. The first kappa shape index (κ1) is 17.0. The highest BCUT2D eigenvalue weighted by Gasteiger charge is 2.37. The van der Waals surface area contributed by atoms with Gasteiger partial charge in [0.25, 0.3) is 0 Å². The lowest BCUT2D eigenvalue weighted by molar-refractivity contribution is -0.0512. The fraction of sp³-hybridized carbons (Fsp3) is 0.625. The molecular formula is C16H23F2NO3. The van der Waals surface area contributed by atoms with E-state index in [2.05, 4.69) is 17.0 Å². The first-order chi connectivity index (χ1) is 10.5. The lowest BCUT2D eigenvalue weighted by atomic mass is 9.86. The number of hydrogen-bond donors (Lipinski definition) is 2. The summed E-state index contributed by atoms with van der Waals surface area (Å²) < 4.78 is 34.1. The van der Waals surface area contributed by atoms with Crippen molar-refractivity contribution in [3.8, 4) is 11.5 Å². The summed E-state index contributed by atoms with van der Waals surface area (Å²) in [6.07, 6.45) is 3.13. The van der Waals surface area contributed by atoms with Crippen LogP contribution in [0.1, 0.15) is 31.7 Å². The Bertz CT molecular complexity index is 498. The van der Waals surface area contributed by atoms with Crippen molar-refractivity contribution < 1.29 is 23.4 Å². The highest BCUT2D eigenvalue weighted by molar-refractivity contribution is 5.43. The maximum absolute atomic E-state index is 12.3. The van der Waals surface area contributed by atoms with E-state index in [1.807, 2.05) is 0 Å². The van der Waals surface area contributed by atoms with Gasteiger partial charge in [-0.05, 0) is 30.5 Å². The topological polar surface area (TPSA) is 50.7 Å². The molecule has 2 unspecified atom stereocenters. The zero-order valence-electron chi connectivity index (χ0n) is 12.9. The minimum absolute atomic E-state index is 0.0299. The van der Waals surface area contributed by atoms with Gasteiger partial charge in [0.2, 0.25) is 0 Å². The van der Waals surface area contributed by atoms with Crippen LogP contribution in [0.3, 0.4) is 0 Å². The van der Waals surface area contributed by atoms with Gasteiger partial charge in [0.05, 0.1) is 7.11 Å². The molecule has 2 atom stereocenters. The Labute approximate surface area is 129 Å². The summed E-state index contributed by atoms with van der Waals surface area (Å²) in [6.45, 7) is -0.0416. The average molecular weight is 315 g/mol. The first-order valence-electron chi connectivity index (χ1n) is 7.44. The molecule has 0 saturated heterocycles. The molecule has 2 rings (SSSR count). The molecule has 4 nitrogen and oxygen atoms in total. The first-order valence-corrected chi connectivity index (χ1v) is 7.44. The van der Waals surface area contributed by atoms with Crippen molar-refractivity contribution in [1.82, 2.24) is 5.32 Å². The second kappa shape index (κ2) is 7.24. The second-order valence-electron chi connectivity index (χ2n) is 6.00. The molecule has 124 valence electrons. The molecular weight excluding hydrogens is 292 g/mol. The monoisotopic (exact) mass is 315 g/mol. The van der Waals surface area contributed by atoms with Gasteiger partial charge in [-0.15, -0.1) is 0 Å². The third-order valence-electron chi connectivity index (χ3n) is 4.44. The van der Waals surface area contributed by atoms with E-state index < -0.39 is 6.61 Å². The largest absolute Gasteiger partial charge is 0.493 e. The van der Waals surface area contributed by atoms with Gasteiger partial charge in [-0.1, -0.05) is 19.4 Å². The number of ether oxygens (including phenoxy) is 2. The van der Waals surface area contributed by atoms with Crippen LogP contribution in [0.5, 0.6) is 11.5 Å². The molecule has 0 aliphatic heterocycles. The summed E-state index contributed by atoms with van der Waals surface area (Å²) in [6, 6.07) is 5.16. The van der Waals surface area contributed by atoms with Gasteiger partial charge in [-0.25, -0.2) is 0 Å². The minimum atomic E-state index is -2.87. The van der Waals surface area contributed by atoms with E-state index in [9.17, 15) is 13.9 Å². The zero-order valence-corrected chi connectivity index (χ0v) is 12.9. The standard InChI is InChI=1S/C16H23F2NO3/c1-16(10-20)7-3-4-14(16)19-9-11-5-6-12(22-15(17)18)13(8-11)21-2/h5-6,8,14-15,19-20H,3-4,7,9-10H2,1-2H3. The van der Waals surface area contributed by atoms with Crippen LogP contribution in [0.15, 0.2) is 18.2 Å². The molecule has 1 aliphatic rings. The summed E-state index contributed by atoms with van der Waals surface area (Å²) in [5.74, 6) is 0.318. The predicted octanol–water partition coefficient (Wildman–Crippen LogP) is 2.94. The minimum Gasteiger partial charge on any atom is -0.493 e. The molecule has 1 aromatic carbocycles. The molecule has 1 fully saturated rings. The molecule has 0 bridgehead atoms. The van der Waals surface area contributed by atoms with Gasteiger partial charge in [0.15, 0.2) is 11.5 Å². The molecule has 0 spiro atoms. The molecule has 0 radical (unpaired) electrons. The van der Waals surface area contributed by atoms with Crippen molar-refractivity contribution in [1.29, 1.82) is 0 Å². The molecule has 6 heteroatoms. The Morgan fingerprint density at radius 1 is 1.41 bits per heavy atom. The molecule has 1 saturated carbocycles. The average Bonchev–Trinajstić information content (AvgIpc) is 2.87. The number of nitrogens with one attached hydrogen (secondary N) is 1. The van der Waals surface area contributed by atoms with Crippen molar-refractivity contribution in [3.05, 3.63) is 23.8 Å². The van der Waals surface area contributed by atoms with Crippen molar-refractivity contribution in [2.45, 2.75) is 45.4 Å². The number of aliphatic hydroxyl groups is 1. The van der Waals surface area contributed by atoms with Crippen LogP contribution in [0, 0.1) is 5.41 Å². The summed E-state index contributed by atoms with van der Waals surface area (Å²) in [5, 5.41) is 13.0. The van der Waals surface area contributed by atoms with E-state index in [1.54, 1.807) is 12.1 Å². The molecule has 1 aliphatic carbocycles. The number of halogens is 2. The molecule has 22 heavy (non-hydrogen) atoms. The van der Waals surface area contributed by atoms with Crippen LogP contribution >= 0.6 is 0 Å². The van der Waals surface area contributed by atoms with E-state index in [0.717, 1.165) is 24.8 Å². The number of alkyl halides is 2. The maximum atomic E-state index is 12.3. The number of rotatable bonds is 7. The Kier molecular flexibility index (Phi) is 5.58. The Balaban J connectivity index is 2.01. The highest BCUT2D eigenvalue weighted by atomic mass is 19.3. The van der Waals surface area contributed by atoms with Gasteiger partial charge in [0.1, 0.15) is 0 Å². The van der Waals surface area contributed by atoms with Gasteiger partial charge < -0.3 is 19.9 Å². The molecule has 1 aromatic rings. The summed E-state index contributed by atoms with van der Waals surface area (Å²) >= 11 is 0. The molecule has 2 N–H and O–H groups in total. The lowest BCUT2D eigenvalue weighted by Gasteiger charge is -2.30. The third-order valence-corrected chi connectivity index (χ3v) is 4.44. The number of hydrogen-bond acceptors (Lipinski definition) is 4. The van der Waals surface area contributed by atoms with E-state index >= 15 is 0 Å². The SMILES string of the molecule is COc1cc(CNC2CCCC2(C)CO)ccc1OC(F)F. The quantitative estimate of drug-likeness (QED) is 0.812. The summed E-state index contributed by atoms with van der Waals surface area (Å²) in [5.41, 5.74) is 0.827. The fourth-order valence-electron chi connectivity index (χ4n) is 3.03. The van der Waals surface area contributed by atoms with Crippen molar-refractivity contribution in [2.75, 3.05) is 13.7 Å². The van der Waals surface area contributed by atoms with Gasteiger partial charge in [-0.2, -0.15) is 8.78 Å². The van der Waals surface area contributed by atoms with Crippen molar-refractivity contribution >= 4 is 0 Å². The molecule has 0 amide bonds. The Hall–Kier alpha value is -1.40. The molecule has 0 heterocycles. The maximum Gasteiger partial charge on any atom is 0.387 e. The number of aliphatic hydroxyl groups excluding tert-OH is 1. The van der Waals surface area contributed by atoms with Crippen LogP contribution in [0.4, 0.5) is 8.78 Å². The fourth-order valence-corrected chi connectivity index (χ4v) is 3.03. The van der Waals surface area contributed by atoms with E-state index in [0.29, 0.717) is 6.54 Å². The smallest absolute Gasteiger partial charge is 0.387 e. The van der Waals surface area contributed by atoms with E-state index in [-0.39, 0.29) is 29.6 Å². The van der Waals surface area contributed by atoms with Crippen LogP contribution in [-0.2, 0) is 6.54 Å². The van der Waals surface area contributed by atoms with Gasteiger partial charge in [0, 0.05) is 24.6 Å². The third kappa shape index (κ3) is 3.87. The van der Waals surface area contributed by atoms with E-state index in [4.69, 9.17) is 4.74 Å². The number of benzene rings is 1. The van der Waals surface area contributed by atoms with Crippen LogP contribution in [0.25, 0.3) is 0 Å². The second-order valence-corrected chi connectivity index (χ2v) is 6.00. The number of methoxy groups -OCH3 is 1. The van der Waals surface area contributed by atoms with Gasteiger partial charge in [-0.3, -0.25) is 0 Å². The van der Waals surface area contributed by atoms with Gasteiger partial charge >= 0.3 is 6.61 Å². The van der Waals surface area contributed by atoms with E-state index in [1.165, 1.54) is 13.2 Å². The van der Waals surface area contributed by atoms with Crippen LogP contribution < -0.4 is 14.8 Å². The Morgan fingerprint density at radius 2 is 2.18 bits per heavy atom. The normalized spacial score (nSPS) is 24.7. The highest BCUT2D eigenvalue weighted by Crippen LogP contribution is 2.37. The zero-order chi connectivity index (χ0) is 16.2. The Morgan fingerprint density at radius 3 is 2.82 bits per heavy atom. The van der Waals surface area contributed by atoms with Crippen molar-refractivity contribution in [2.24, 2.45) is 5.41 Å². The summed E-state index contributed by atoms with van der Waals surface area (Å²) in [4.78, 5) is 0.